The Morgan fingerprint density at radius 2 is 2.08 bits per heavy atom. The average Bonchev–Trinajstić information content (AvgIpc) is 2.57. The quantitative estimate of drug-likeness (QED) is 0.776. The average molecular weight is 328 g/mol. The maximum absolute atomic E-state index is 14.1. The van der Waals surface area contributed by atoms with Gasteiger partial charge in [0.15, 0.2) is 0 Å². The van der Waals surface area contributed by atoms with E-state index >= 15 is 0 Å². The topological polar surface area (TPSA) is 64.3 Å². The minimum Gasteiger partial charge on any atom is -0.408 e. The van der Waals surface area contributed by atoms with E-state index in [4.69, 9.17) is 9.94 Å². The van der Waals surface area contributed by atoms with Crippen LogP contribution in [0.1, 0.15) is 16.7 Å². The molecule has 3 rings (SSSR count). The minimum absolute atomic E-state index is 0.0123. The summed E-state index contributed by atoms with van der Waals surface area (Å²) in [5, 5.41) is 9.94. The molecule has 0 saturated carbocycles. The monoisotopic (exact) mass is 328 g/mol. The molecular weight excluding hydrogens is 311 g/mol. The third kappa shape index (κ3) is 3.14. The number of rotatable bonds is 5. The van der Waals surface area contributed by atoms with Gasteiger partial charge in [0, 0.05) is 30.4 Å². The summed E-state index contributed by atoms with van der Waals surface area (Å²) in [6.45, 7) is 1.64. The lowest BCUT2D eigenvalue weighted by molar-refractivity contribution is 0.0701. The molecular formula is C18H17FN2O3. The van der Waals surface area contributed by atoms with Crippen LogP contribution in [0.4, 0.5) is 4.39 Å². The number of benzene rings is 1. The fraction of sp³-hybridized carbons (Fsp3) is 0.222. The molecule has 0 saturated heterocycles. The van der Waals surface area contributed by atoms with Gasteiger partial charge in [0.25, 0.3) is 5.56 Å². The zero-order valence-corrected chi connectivity index (χ0v) is 13.2. The van der Waals surface area contributed by atoms with Crippen molar-refractivity contribution in [2.75, 3.05) is 13.2 Å². The largest absolute Gasteiger partial charge is 0.408 e. The van der Waals surface area contributed by atoms with Crippen molar-refractivity contribution >= 4 is 10.8 Å². The number of nitrogens with zero attached hydrogens (tertiary/aromatic N) is 2. The predicted molar refractivity (Wildman–Crippen MR) is 88.5 cm³/mol. The molecule has 0 bridgehead atoms. The molecule has 0 aliphatic heterocycles. The lowest BCUT2D eigenvalue weighted by Gasteiger charge is -2.11. The number of aliphatic hydroxyl groups is 1. The van der Waals surface area contributed by atoms with Crippen molar-refractivity contribution in [2.45, 2.75) is 13.3 Å². The Morgan fingerprint density at radius 3 is 2.83 bits per heavy atom. The van der Waals surface area contributed by atoms with E-state index in [1.54, 1.807) is 24.5 Å². The molecule has 0 amide bonds. The van der Waals surface area contributed by atoms with Crippen LogP contribution in [0.5, 0.6) is 0 Å². The van der Waals surface area contributed by atoms with Crippen LogP contribution in [0.25, 0.3) is 10.8 Å². The molecule has 0 spiro atoms. The summed E-state index contributed by atoms with van der Waals surface area (Å²) in [6, 6.07) is 6.72. The molecule has 2 aromatic heterocycles. The summed E-state index contributed by atoms with van der Waals surface area (Å²) in [7, 11) is 0. The number of hydrogen-bond acceptors (Lipinski definition) is 4. The Morgan fingerprint density at radius 1 is 1.25 bits per heavy atom. The molecule has 6 heteroatoms. The number of halogens is 1. The van der Waals surface area contributed by atoms with E-state index in [1.807, 2.05) is 13.0 Å². The molecule has 0 aliphatic carbocycles. The van der Waals surface area contributed by atoms with Crippen molar-refractivity contribution in [1.82, 2.24) is 9.71 Å². The smallest absolute Gasteiger partial charge is 0.291 e. The number of aliphatic hydroxyl groups excluding tert-OH is 1. The fourth-order valence-electron chi connectivity index (χ4n) is 2.61. The summed E-state index contributed by atoms with van der Waals surface area (Å²) in [5.41, 5.74) is 1.61. The van der Waals surface area contributed by atoms with Gasteiger partial charge in [-0.15, -0.1) is 0 Å². The lowest BCUT2D eigenvalue weighted by atomic mass is 10.0. The van der Waals surface area contributed by atoms with Crippen molar-refractivity contribution in [2.24, 2.45) is 0 Å². The number of aryl methyl sites for hydroxylation is 1. The highest BCUT2D eigenvalue weighted by molar-refractivity contribution is 5.83. The van der Waals surface area contributed by atoms with Gasteiger partial charge in [-0.25, -0.2) is 4.39 Å². The number of hydrogen-bond donors (Lipinski definition) is 1. The van der Waals surface area contributed by atoms with Crippen LogP contribution in [0, 0.1) is 12.7 Å². The summed E-state index contributed by atoms with van der Waals surface area (Å²) in [6.07, 6.45) is 4.90. The van der Waals surface area contributed by atoms with Crippen LogP contribution in [0.3, 0.4) is 0 Å². The van der Waals surface area contributed by atoms with E-state index in [0.717, 1.165) is 10.3 Å². The number of fused-ring (bicyclic) bond motifs is 1. The Hall–Kier alpha value is -2.73. The maximum Gasteiger partial charge on any atom is 0.291 e. The minimum atomic E-state index is -0.356. The van der Waals surface area contributed by atoms with E-state index < -0.39 is 0 Å². The van der Waals surface area contributed by atoms with Crippen molar-refractivity contribution in [1.29, 1.82) is 0 Å². The second-order valence-electron chi connectivity index (χ2n) is 5.54. The molecule has 5 nitrogen and oxygen atoms in total. The third-order valence-electron chi connectivity index (χ3n) is 3.77. The highest BCUT2D eigenvalue weighted by Gasteiger charge is 2.12. The van der Waals surface area contributed by atoms with E-state index in [2.05, 4.69) is 4.98 Å². The molecule has 0 unspecified atom stereocenters. The Labute approximate surface area is 137 Å². The van der Waals surface area contributed by atoms with Gasteiger partial charge in [-0.2, -0.15) is 4.73 Å². The van der Waals surface area contributed by atoms with Crippen LogP contribution >= 0.6 is 0 Å². The summed E-state index contributed by atoms with van der Waals surface area (Å²) in [4.78, 5) is 22.0. The third-order valence-corrected chi connectivity index (χ3v) is 3.77. The molecule has 0 fully saturated rings. The van der Waals surface area contributed by atoms with Gasteiger partial charge < -0.3 is 9.94 Å². The molecule has 1 aromatic carbocycles. The van der Waals surface area contributed by atoms with Crippen LogP contribution in [-0.2, 0) is 6.42 Å². The van der Waals surface area contributed by atoms with Crippen LogP contribution in [-0.4, -0.2) is 28.0 Å². The first-order valence-electron chi connectivity index (χ1n) is 7.57. The van der Waals surface area contributed by atoms with Gasteiger partial charge in [0.2, 0.25) is 0 Å². The van der Waals surface area contributed by atoms with Gasteiger partial charge in [0.05, 0.1) is 12.0 Å². The van der Waals surface area contributed by atoms with Gasteiger partial charge in [0.1, 0.15) is 12.4 Å². The molecule has 124 valence electrons. The molecule has 2 heterocycles. The number of pyridine rings is 2. The Kier molecular flexibility index (Phi) is 4.57. The molecule has 24 heavy (non-hydrogen) atoms. The normalized spacial score (nSPS) is 11.0. The summed E-state index contributed by atoms with van der Waals surface area (Å²) < 4.78 is 15.2. The first-order valence-corrected chi connectivity index (χ1v) is 7.57. The molecule has 1 N–H and O–H groups in total. The van der Waals surface area contributed by atoms with Crippen LogP contribution in [0.2, 0.25) is 0 Å². The Bertz CT molecular complexity index is 937. The lowest BCUT2D eigenvalue weighted by Crippen LogP contribution is -2.28. The van der Waals surface area contributed by atoms with Gasteiger partial charge in [-0.3, -0.25) is 9.78 Å². The Balaban J connectivity index is 2.08. The standard InChI is InChI=1S/C18H17FN2O3/c1-12-2-3-13(16(19)8-12)9-15-11-20-10-14-4-5-21(24-7-6-22)18(23)17(14)15/h2-5,8,10-11,22H,6-7,9H2,1H3. The number of aromatic nitrogens is 2. The maximum atomic E-state index is 14.1. The van der Waals surface area contributed by atoms with E-state index in [-0.39, 0.29) is 31.0 Å². The van der Waals surface area contributed by atoms with Crippen molar-refractivity contribution in [3.63, 3.8) is 0 Å². The fourth-order valence-corrected chi connectivity index (χ4v) is 2.61. The van der Waals surface area contributed by atoms with E-state index in [1.165, 1.54) is 12.3 Å². The molecule has 0 aliphatic rings. The summed E-state index contributed by atoms with van der Waals surface area (Å²) >= 11 is 0. The first kappa shape index (κ1) is 16.1. The molecule has 0 atom stereocenters. The first-order chi connectivity index (χ1) is 11.6. The highest BCUT2D eigenvalue weighted by Crippen LogP contribution is 2.19. The zero-order chi connectivity index (χ0) is 17.1. The van der Waals surface area contributed by atoms with Gasteiger partial charge in [-0.1, -0.05) is 12.1 Å². The van der Waals surface area contributed by atoms with Crippen LogP contribution < -0.4 is 10.4 Å². The highest BCUT2D eigenvalue weighted by atomic mass is 19.1. The molecule has 3 aromatic rings. The van der Waals surface area contributed by atoms with Crippen molar-refractivity contribution < 1.29 is 14.3 Å². The second kappa shape index (κ2) is 6.80. The van der Waals surface area contributed by atoms with Crippen molar-refractivity contribution in [3.8, 4) is 0 Å². The van der Waals surface area contributed by atoms with E-state index in [0.29, 0.717) is 21.9 Å². The van der Waals surface area contributed by atoms with Gasteiger partial charge in [-0.05, 0) is 35.7 Å². The van der Waals surface area contributed by atoms with Gasteiger partial charge >= 0.3 is 0 Å². The predicted octanol–water partition coefficient (Wildman–Crippen LogP) is 1.86. The summed E-state index contributed by atoms with van der Waals surface area (Å²) in [5.74, 6) is -0.306. The second-order valence-corrected chi connectivity index (χ2v) is 5.54. The van der Waals surface area contributed by atoms with E-state index in [9.17, 15) is 9.18 Å². The zero-order valence-electron chi connectivity index (χ0n) is 13.2. The van der Waals surface area contributed by atoms with Crippen molar-refractivity contribution in [3.05, 3.63) is 75.7 Å². The van der Waals surface area contributed by atoms with Crippen LogP contribution in [0.15, 0.2) is 47.7 Å². The molecule has 0 radical (unpaired) electrons. The SMILES string of the molecule is Cc1ccc(Cc2cncc3ccn(OCCO)c(=O)c23)c(F)c1.